The van der Waals surface area contributed by atoms with E-state index in [9.17, 15) is 14.4 Å². The van der Waals surface area contributed by atoms with Crippen LogP contribution >= 0.6 is 11.8 Å². The average molecular weight is 350 g/mol. The van der Waals surface area contributed by atoms with Crippen molar-refractivity contribution in [2.45, 2.75) is 13.5 Å². The van der Waals surface area contributed by atoms with Crippen LogP contribution in [-0.4, -0.2) is 17.1 Å². The summed E-state index contributed by atoms with van der Waals surface area (Å²) in [4.78, 5) is 38.4. The van der Waals surface area contributed by atoms with Crippen molar-refractivity contribution in [2.24, 2.45) is 0 Å². The van der Waals surface area contributed by atoms with Gasteiger partial charge in [-0.3, -0.25) is 19.7 Å². The zero-order valence-corrected chi connectivity index (χ0v) is 14.2. The van der Waals surface area contributed by atoms with Gasteiger partial charge in [-0.15, -0.1) is 0 Å². The predicted molar refractivity (Wildman–Crippen MR) is 96.9 cm³/mol. The van der Waals surface area contributed by atoms with Gasteiger partial charge in [0, 0.05) is 5.56 Å². The molecule has 25 heavy (non-hydrogen) atoms. The molecular formula is C19H14N2O3S. The van der Waals surface area contributed by atoms with E-state index in [4.69, 9.17) is 0 Å². The molecule has 0 atom stereocenters. The normalized spacial score (nSPS) is 19.4. The van der Waals surface area contributed by atoms with Crippen LogP contribution in [0, 0.1) is 6.92 Å². The molecule has 3 amide bonds. The van der Waals surface area contributed by atoms with Crippen molar-refractivity contribution < 1.29 is 14.4 Å². The van der Waals surface area contributed by atoms with Crippen LogP contribution in [0.1, 0.15) is 16.7 Å². The van der Waals surface area contributed by atoms with Crippen LogP contribution in [0.15, 0.2) is 53.4 Å². The van der Waals surface area contributed by atoms with Crippen molar-refractivity contribution in [3.05, 3.63) is 70.1 Å². The number of carbonyl (C=O) groups excluding carboxylic acids is 3. The van der Waals surface area contributed by atoms with Gasteiger partial charge in [0.2, 0.25) is 0 Å². The fourth-order valence-corrected chi connectivity index (χ4v) is 3.78. The summed E-state index contributed by atoms with van der Waals surface area (Å²) in [6, 6.07) is 15.3. The second-order valence-corrected chi connectivity index (χ2v) is 6.92. The lowest BCUT2D eigenvalue weighted by atomic mass is 10.1. The molecule has 0 radical (unpaired) electrons. The van der Waals surface area contributed by atoms with Crippen molar-refractivity contribution in [1.29, 1.82) is 0 Å². The fraction of sp³-hybridized carbons (Fsp3) is 0.105. The van der Waals surface area contributed by atoms with Gasteiger partial charge in [-0.05, 0) is 30.3 Å². The molecule has 1 N–H and O–H groups in total. The molecule has 124 valence electrons. The molecule has 1 fully saturated rings. The Morgan fingerprint density at radius 2 is 1.72 bits per heavy atom. The number of thioether (sulfide) groups is 1. The molecule has 2 aliphatic rings. The van der Waals surface area contributed by atoms with E-state index < -0.39 is 11.1 Å². The second-order valence-electron chi connectivity index (χ2n) is 5.94. The van der Waals surface area contributed by atoms with E-state index in [1.807, 2.05) is 49.4 Å². The lowest BCUT2D eigenvalue weighted by molar-refractivity contribution is -0.116. The van der Waals surface area contributed by atoms with Gasteiger partial charge in [0.25, 0.3) is 17.1 Å². The number of benzene rings is 2. The van der Waals surface area contributed by atoms with Gasteiger partial charge in [-0.1, -0.05) is 48.0 Å². The van der Waals surface area contributed by atoms with Gasteiger partial charge >= 0.3 is 0 Å². The molecule has 2 aromatic carbocycles. The molecule has 4 rings (SSSR count). The maximum atomic E-state index is 13.0. The molecule has 6 heteroatoms. The lowest BCUT2D eigenvalue weighted by Crippen LogP contribution is -2.26. The van der Waals surface area contributed by atoms with Crippen molar-refractivity contribution in [2.75, 3.05) is 4.90 Å². The molecule has 0 bridgehead atoms. The van der Waals surface area contributed by atoms with Gasteiger partial charge < -0.3 is 4.90 Å². The highest BCUT2D eigenvalue weighted by Gasteiger charge is 2.39. The van der Waals surface area contributed by atoms with E-state index in [1.165, 1.54) is 0 Å². The Bertz CT molecular complexity index is 947. The minimum atomic E-state index is -0.509. The number of anilines is 1. The smallest absolute Gasteiger partial charge is 0.290 e. The summed E-state index contributed by atoms with van der Waals surface area (Å²) in [5, 5.41) is 1.77. The molecule has 5 nitrogen and oxygen atoms in total. The molecule has 1 saturated heterocycles. The number of fused-ring (bicyclic) bond motifs is 1. The highest BCUT2D eigenvalue weighted by molar-refractivity contribution is 8.18. The SMILES string of the molecule is Cc1ccc(CN2C(=O)/C(=C3\SC(=O)NC3=O)c3ccccc32)cc1. The Hall–Kier alpha value is -2.86. The van der Waals surface area contributed by atoms with Gasteiger partial charge in [0.15, 0.2) is 0 Å². The van der Waals surface area contributed by atoms with Crippen LogP contribution in [0.25, 0.3) is 5.57 Å². The molecule has 0 spiro atoms. The summed E-state index contributed by atoms with van der Waals surface area (Å²) >= 11 is 0.781. The van der Waals surface area contributed by atoms with E-state index in [1.54, 1.807) is 11.0 Å². The number of para-hydroxylation sites is 1. The van der Waals surface area contributed by atoms with Crippen molar-refractivity contribution >= 4 is 40.1 Å². The Balaban J connectivity index is 1.79. The molecule has 2 aliphatic heterocycles. The Morgan fingerprint density at radius 3 is 2.40 bits per heavy atom. The summed E-state index contributed by atoms with van der Waals surface area (Å²) in [5.74, 6) is -0.764. The third kappa shape index (κ3) is 2.64. The molecule has 0 aromatic heterocycles. The second kappa shape index (κ2) is 5.89. The standard InChI is InChI=1S/C19H14N2O3S/c1-11-6-8-12(9-7-11)10-21-14-5-3-2-4-13(14)15(18(21)23)16-17(22)20-19(24)25-16/h2-9H,10H2,1H3,(H,20,22,24)/b16-15-. The zero-order chi connectivity index (χ0) is 17.6. The number of nitrogens with one attached hydrogen (secondary N) is 1. The quantitative estimate of drug-likeness (QED) is 0.845. The summed E-state index contributed by atoms with van der Waals surface area (Å²) < 4.78 is 0. The Morgan fingerprint density at radius 1 is 1.00 bits per heavy atom. The van der Waals surface area contributed by atoms with Gasteiger partial charge in [0.05, 0.1) is 22.7 Å². The lowest BCUT2D eigenvalue weighted by Gasteiger charge is -2.17. The van der Waals surface area contributed by atoms with Gasteiger partial charge in [-0.25, -0.2) is 0 Å². The molecule has 0 saturated carbocycles. The minimum Gasteiger partial charge on any atom is -0.303 e. The highest BCUT2D eigenvalue weighted by atomic mass is 32.2. The number of nitrogens with zero attached hydrogens (tertiary/aromatic N) is 1. The number of imide groups is 1. The summed E-state index contributed by atoms with van der Waals surface area (Å²) in [7, 11) is 0. The first-order valence-corrected chi connectivity index (χ1v) is 8.60. The molecular weight excluding hydrogens is 336 g/mol. The zero-order valence-electron chi connectivity index (χ0n) is 13.4. The Labute approximate surface area is 148 Å². The van der Waals surface area contributed by atoms with Crippen molar-refractivity contribution in [3.8, 4) is 0 Å². The van der Waals surface area contributed by atoms with E-state index in [2.05, 4.69) is 5.32 Å². The third-order valence-corrected chi connectivity index (χ3v) is 5.11. The number of hydrogen-bond donors (Lipinski definition) is 1. The van der Waals surface area contributed by atoms with Crippen LogP contribution in [0.4, 0.5) is 10.5 Å². The number of rotatable bonds is 2. The topological polar surface area (TPSA) is 66.5 Å². The summed E-state index contributed by atoms with van der Waals surface area (Å²) in [6.45, 7) is 2.42. The van der Waals surface area contributed by atoms with Crippen LogP contribution in [0.2, 0.25) is 0 Å². The highest BCUT2D eigenvalue weighted by Crippen LogP contribution is 2.43. The van der Waals surface area contributed by atoms with Crippen LogP contribution in [-0.2, 0) is 16.1 Å². The van der Waals surface area contributed by atoms with Gasteiger partial charge in [0.1, 0.15) is 0 Å². The Kier molecular flexibility index (Phi) is 3.69. The van der Waals surface area contributed by atoms with Gasteiger partial charge in [-0.2, -0.15) is 0 Å². The summed E-state index contributed by atoms with van der Waals surface area (Å²) in [6.07, 6.45) is 0. The van der Waals surface area contributed by atoms with E-state index >= 15 is 0 Å². The monoisotopic (exact) mass is 350 g/mol. The summed E-state index contributed by atoms with van der Waals surface area (Å²) in [5.41, 5.74) is 3.89. The molecule has 0 unspecified atom stereocenters. The molecule has 2 aromatic rings. The maximum Gasteiger partial charge on any atom is 0.290 e. The minimum absolute atomic E-state index is 0.175. The first-order chi connectivity index (χ1) is 12.0. The number of amides is 3. The first-order valence-electron chi connectivity index (χ1n) is 7.79. The van der Waals surface area contributed by atoms with Crippen LogP contribution in [0.5, 0.6) is 0 Å². The van der Waals surface area contributed by atoms with E-state index in [-0.39, 0.29) is 10.8 Å². The maximum absolute atomic E-state index is 13.0. The largest absolute Gasteiger partial charge is 0.303 e. The van der Waals surface area contributed by atoms with Crippen LogP contribution < -0.4 is 10.2 Å². The number of hydrogen-bond acceptors (Lipinski definition) is 4. The van der Waals surface area contributed by atoms with Crippen molar-refractivity contribution in [1.82, 2.24) is 5.32 Å². The molecule has 2 heterocycles. The van der Waals surface area contributed by atoms with E-state index in [0.717, 1.165) is 28.6 Å². The number of aryl methyl sites for hydroxylation is 1. The number of carbonyl (C=O) groups is 3. The third-order valence-electron chi connectivity index (χ3n) is 4.23. The molecule has 0 aliphatic carbocycles. The average Bonchev–Trinajstić information content (AvgIpc) is 3.06. The fourth-order valence-electron chi connectivity index (χ4n) is 3.01. The van der Waals surface area contributed by atoms with Crippen molar-refractivity contribution in [3.63, 3.8) is 0 Å². The first kappa shape index (κ1) is 15.7. The van der Waals surface area contributed by atoms with Crippen LogP contribution in [0.3, 0.4) is 0 Å². The predicted octanol–water partition coefficient (Wildman–Crippen LogP) is 3.24. The van der Waals surface area contributed by atoms with E-state index in [0.29, 0.717) is 17.7 Å².